The minimum Gasteiger partial charge on any atom is -0.464 e. The zero-order valence-corrected chi connectivity index (χ0v) is 10.8. The van der Waals surface area contributed by atoms with Crippen LogP contribution in [0.5, 0.6) is 0 Å². The lowest BCUT2D eigenvalue weighted by Crippen LogP contribution is -2.43. The molecule has 0 aromatic rings. The van der Waals surface area contributed by atoms with Crippen LogP contribution in [0, 0.1) is 5.92 Å². The van der Waals surface area contributed by atoms with Crippen molar-refractivity contribution in [3.05, 3.63) is 0 Å². The zero-order valence-electron chi connectivity index (χ0n) is 10.8. The molecule has 0 bridgehead atoms. The molecule has 18 heavy (non-hydrogen) atoms. The summed E-state index contributed by atoms with van der Waals surface area (Å²) in [6.07, 6.45) is -0.172. The molecule has 0 radical (unpaired) electrons. The molecule has 0 spiro atoms. The van der Waals surface area contributed by atoms with Crippen molar-refractivity contribution in [2.75, 3.05) is 6.61 Å². The van der Waals surface area contributed by atoms with Crippen molar-refractivity contribution < 1.29 is 23.9 Å². The molecule has 1 N–H and O–H groups in total. The molecule has 1 aliphatic rings. The standard InChI is InChI=1S/C12H19NO5/c1-4-7(3)8(6-14)13-11(15)9-10(18-9)12(16)17-5-2/h6-10H,4-5H2,1-3H3,(H,13,15)/t7-,8+,9-,10-/m0/s1. The van der Waals surface area contributed by atoms with Gasteiger partial charge in [-0.1, -0.05) is 20.3 Å². The monoisotopic (exact) mass is 257 g/mol. The predicted octanol–water partition coefficient (Wildman–Crippen LogP) is 0.0467. The number of rotatable bonds is 7. The molecule has 6 heteroatoms. The molecule has 1 aliphatic heterocycles. The number of amides is 1. The number of ether oxygens (including phenoxy) is 2. The van der Waals surface area contributed by atoms with E-state index >= 15 is 0 Å². The Morgan fingerprint density at radius 2 is 2.06 bits per heavy atom. The van der Waals surface area contributed by atoms with Crippen molar-refractivity contribution in [1.82, 2.24) is 5.32 Å². The summed E-state index contributed by atoms with van der Waals surface area (Å²) in [5.41, 5.74) is 0. The van der Waals surface area contributed by atoms with Crippen molar-refractivity contribution in [3.8, 4) is 0 Å². The van der Waals surface area contributed by atoms with E-state index in [0.717, 1.165) is 6.42 Å². The van der Waals surface area contributed by atoms with Gasteiger partial charge in [0.05, 0.1) is 12.6 Å². The number of hydrogen-bond donors (Lipinski definition) is 1. The number of epoxide rings is 1. The third-order valence-corrected chi connectivity index (χ3v) is 2.98. The fourth-order valence-electron chi connectivity index (χ4n) is 1.53. The Kier molecular flexibility index (Phi) is 5.27. The van der Waals surface area contributed by atoms with Gasteiger partial charge in [0.25, 0.3) is 5.91 Å². The second kappa shape index (κ2) is 6.49. The summed E-state index contributed by atoms with van der Waals surface area (Å²) in [5.74, 6) is -0.930. The van der Waals surface area contributed by atoms with Gasteiger partial charge in [-0.25, -0.2) is 4.79 Å². The highest BCUT2D eigenvalue weighted by Gasteiger charge is 2.51. The molecule has 6 nitrogen and oxygen atoms in total. The second-order valence-corrected chi connectivity index (χ2v) is 4.29. The molecule has 1 fully saturated rings. The first kappa shape index (κ1) is 14.6. The Bertz CT molecular complexity index is 330. The quantitative estimate of drug-likeness (QED) is 0.395. The number of nitrogens with one attached hydrogen (secondary N) is 1. The first-order chi connectivity index (χ1) is 8.54. The van der Waals surface area contributed by atoms with Crippen molar-refractivity contribution in [2.24, 2.45) is 5.92 Å². The topological polar surface area (TPSA) is 85.0 Å². The molecule has 1 rings (SSSR count). The highest BCUT2D eigenvalue weighted by molar-refractivity contribution is 5.93. The van der Waals surface area contributed by atoms with Crippen molar-refractivity contribution >= 4 is 18.2 Å². The lowest BCUT2D eigenvalue weighted by atomic mass is 10.0. The van der Waals surface area contributed by atoms with E-state index in [4.69, 9.17) is 9.47 Å². The van der Waals surface area contributed by atoms with Gasteiger partial charge in [-0.15, -0.1) is 0 Å². The maximum atomic E-state index is 11.7. The third-order valence-electron chi connectivity index (χ3n) is 2.98. The Labute approximate surface area is 106 Å². The average molecular weight is 257 g/mol. The first-order valence-electron chi connectivity index (χ1n) is 6.12. The number of carbonyl (C=O) groups excluding carboxylic acids is 3. The zero-order chi connectivity index (χ0) is 13.7. The van der Waals surface area contributed by atoms with Gasteiger partial charge in [-0.05, 0) is 12.8 Å². The summed E-state index contributed by atoms with van der Waals surface area (Å²) in [5, 5.41) is 2.57. The summed E-state index contributed by atoms with van der Waals surface area (Å²) in [6.45, 7) is 5.73. The van der Waals surface area contributed by atoms with E-state index in [-0.39, 0.29) is 12.5 Å². The predicted molar refractivity (Wildman–Crippen MR) is 62.7 cm³/mol. The van der Waals surface area contributed by atoms with Crippen LogP contribution in [0.4, 0.5) is 0 Å². The Morgan fingerprint density at radius 1 is 1.39 bits per heavy atom. The highest BCUT2D eigenvalue weighted by atomic mass is 16.6. The van der Waals surface area contributed by atoms with E-state index < -0.39 is 30.1 Å². The van der Waals surface area contributed by atoms with Crippen LogP contribution in [0.2, 0.25) is 0 Å². The van der Waals surface area contributed by atoms with Crippen LogP contribution < -0.4 is 5.32 Å². The van der Waals surface area contributed by atoms with Crippen LogP contribution in [-0.4, -0.2) is 43.0 Å². The molecule has 1 saturated heterocycles. The Morgan fingerprint density at radius 3 is 2.56 bits per heavy atom. The largest absolute Gasteiger partial charge is 0.464 e. The molecule has 0 aliphatic carbocycles. The number of carbonyl (C=O) groups is 3. The van der Waals surface area contributed by atoms with Gasteiger partial charge >= 0.3 is 5.97 Å². The molecular formula is C12H19NO5. The molecule has 0 aromatic heterocycles. The van der Waals surface area contributed by atoms with Gasteiger partial charge in [0.15, 0.2) is 12.2 Å². The smallest absolute Gasteiger partial charge is 0.338 e. The summed E-state index contributed by atoms with van der Waals surface area (Å²) >= 11 is 0. The van der Waals surface area contributed by atoms with Gasteiger partial charge in [0, 0.05) is 0 Å². The van der Waals surface area contributed by atoms with E-state index in [9.17, 15) is 14.4 Å². The second-order valence-electron chi connectivity index (χ2n) is 4.29. The van der Waals surface area contributed by atoms with Gasteiger partial charge in [0.1, 0.15) is 6.29 Å². The summed E-state index contributed by atoms with van der Waals surface area (Å²) in [7, 11) is 0. The molecule has 4 atom stereocenters. The van der Waals surface area contributed by atoms with E-state index in [2.05, 4.69) is 5.32 Å². The molecule has 0 saturated carbocycles. The molecule has 1 heterocycles. The first-order valence-corrected chi connectivity index (χ1v) is 6.12. The van der Waals surface area contributed by atoms with Gasteiger partial charge < -0.3 is 19.6 Å². The summed E-state index contributed by atoms with van der Waals surface area (Å²) in [6, 6.07) is -0.547. The Hall–Kier alpha value is -1.43. The molecule has 102 valence electrons. The van der Waals surface area contributed by atoms with Crippen LogP contribution in [0.3, 0.4) is 0 Å². The maximum Gasteiger partial charge on any atom is 0.338 e. The normalized spacial score (nSPS) is 24.8. The van der Waals surface area contributed by atoms with E-state index in [1.165, 1.54) is 0 Å². The SMILES string of the molecule is CCOC(=O)[C@H]1O[C@@H]1C(=O)N[C@H](C=O)[C@@H](C)CC. The molecule has 0 aromatic carbocycles. The molecule has 1 amide bonds. The van der Waals surface area contributed by atoms with Crippen molar-refractivity contribution in [3.63, 3.8) is 0 Å². The van der Waals surface area contributed by atoms with Gasteiger partial charge in [0.2, 0.25) is 0 Å². The van der Waals surface area contributed by atoms with Crippen LogP contribution in [-0.2, 0) is 23.9 Å². The van der Waals surface area contributed by atoms with E-state index in [1.54, 1.807) is 6.92 Å². The molecular weight excluding hydrogens is 238 g/mol. The summed E-state index contributed by atoms with van der Waals surface area (Å²) < 4.78 is 9.68. The minimum atomic E-state index is -0.825. The van der Waals surface area contributed by atoms with Gasteiger partial charge in [-0.3, -0.25) is 4.79 Å². The Balaban J connectivity index is 2.43. The fraction of sp³-hybridized carbons (Fsp3) is 0.750. The van der Waals surface area contributed by atoms with Crippen molar-refractivity contribution in [2.45, 2.75) is 45.4 Å². The lowest BCUT2D eigenvalue weighted by Gasteiger charge is -2.17. The number of aldehydes is 1. The number of hydrogen-bond acceptors (Lipinski definition) is 5. The van der Waals surface area contributed by atoms with Crippen LogP contribution in [0.1, 0.15) is 27.2 Å². The van der Waals surface area contributed by atoms with E-state index in [1.807, 2.05) is 13.8 Å². The minimum absolute atomic E-state index is 0.0474. The third kappa shape index (κ3) is 3.53. The van der Waals surface area contributed by atoms with Crippen LogP contribution >= 0.6 is 0 Å². The van der Waals surface area contributed by atoms with E-state index in [0.29, 0.717) is 6.29 Å². The summed E-state index contributed by atoms with van der Waals surface area (Å²) in [4.78, 5) is 33.8. The van der Waals surface area contributed by atoms with Crippen LogP contribution in [0.25, 0.3) is 0 Å². The van der Waals surface area contributed by atoms with Crippen molar-refractivity contribution in [1.29, 1.82) is 0 Å². The van der Waals surface area contributed by atoms with Crippen LogP contribution in [0.15, 0.2) is 0 Å². The number of esters is 1. The fourth-order valence-corrected chi connectivity index (χ4v) is 1.53. The lowest BCUT2D eigenvalue weighted by molar-refractivity contribution is -0.144. The highest BCUT2D eigenvalue weighted by Crippen LogP contribution is 2.24. The molecule has 0 unspecified atom stereocenters. The maximum absolute atomic E-state index is 11.7. The van der Waals surface area contributed by atoms with Gasteiger partial charge in [-0.2, -0.15) is 0 Å². The average Bonchev–Trinajstić information content (AvgIpc) is 3.15.